The summed E-state index contributed by atoms with van der Waals surface area (Å²) in [4.78, 5) is 27.7. The van der Waals surface area contributed by atoms with Crippen molar-refractivity contribution >= 4 is 48.2 Å². The average Bonchev–Trinajstić information content (AvgIpc) is 3.09. The van der Waals surface area contributed by atoms with Gasteiger partial charge in [-0.2, -0.15) is 0 Å². The van der Waals surface area contributed by atoms with Gasteiger partial charge in [0.2, 0.25) is 0 Å². The molecule has 2 amide bonds. The van der Waals surface area contributed by atoms with Gasteiger partial charge in [0.25, 0.3) is 0 Å². The second kappa shape index (κ2) is 11.0. The van der Waals surface area contributed by atoms with Gasteiger partial charge in [0.1, 0.15) is 6.04 Å². The third-order valence-electron chi connectivity index (χ3n) is 4.70. The number of anilines is 2. The number of amides is 2. The number of rotatable bonds is 6. The average molecular weight is 441 g/mol. The van der Waals surface area contributed by atoms with Crippen LogP contribution in [0.15, 0.2) is 48.5 Å². The predicted octanol–water partition coefficient (Wildman–Crippen LogP) is 2.48. The van der Waals surface area contributed by atoms with Crippen molar-refractivity contribution in [3.05, 3.63) is 59.7 Å². The quantitative estimate of drug-likeness (QED) is 0.671. The molecule has 1 aliphatic rings. The Hall–Kier alpha value is -2.32. The van der Waals surface area contributed by atoms with E-state index < -0.39 is 12.0 Å². The van der Waals surface area contributed by atoms with Crippen molar-refractivity contribution in [1.29, 1.82) is 0 Å². The molecule has 0 saturated carbocycles. The number of hydrogen-bond donors (Lipinski definition) is 2. The van der Waals surface area contributed by atoms with Crippen molar-refractivity contribution in [2.75, 3.05) is 30.0 Å². The zero-order valence-electron chi connectivity index (χ0n) is 16.1. The van der Waals surface area contributed by atoms with E-state index in [1.54, 1.807) is 9.80 Å². The molecule has 3 rings (SSSR count). The summed E-state index contributed by atoms with van der Waals surface area (Å²) in [7, 11) is 1.32. The Bertz CT molecular complexity index is 815. The molecular weight excluding hydrogens is 415 g/mol. The van der Waals surface area contributed by atoms with Crippen molar-refractivity contribution in [3.63, 3.8) is 0 Å². The van der Waals surface area contributed by atoms with Crippen LogP contribution >= 0.6 is 24.8 Å². The molecule has 4 N–H and O–H groups in total. The van der Waals surface area contributed by atoms with Crippen LogP contribution in [0.1, 0.15) is 11.1 Å². The fraction of sp³-hybridized carbons (Fsp3) is 0.300. The number of urea groups is 1. The van der Waals surface area contributed by atoms with Gasteiger partial charge in [-0.25, -0.2) is 4.79 Å². The van der Waals surface area contributed by atoms with Crippen molar-refractivity contribution < 1.29 is 14.3 Å². The molecule has 2 aromatic carbocycles. The maximum atomic E-state index is 12.8. The van der Waals surface area contributed by atoms with Crippen LogP contribution in [0.3, 0.4) is 0 Å². The molecule has 158 valence electrons. The van der Waals surface area contributed by atoms with Crippen LogP contribution < -0.4 is 21.3 Å². The molecule has 7 nitrogen and oxygen atoms in total. The molecular formula is C20H26Cl2N4O3. The molecule has 0 aliphatic carbocycles. The predicted molar refractivity (Wildman–Crippen MR) is 119 cm³/mol. The molecule has 1 saturated heterocycles. The number of halogens is 2. The summed E-state index contributed by atoms with van der Waals surface area (Å²) < 4.78 is 4.64. The van der Waals surface area contributed by atoms with E-state index in [0.29, 0.717) is 26.1 Å². The number of nitrogens with zero attached hydrogens (tertiary/aromatic N) is 2. The summed E-state index contributed by atoms with van der Waals surface area (Å²) in [6.07, 6.45) is 0.389. The molecule has 1 fully saturated rings. The van der Waals surface area contributed by atoms with Gasteiger partial charge in [-0.1, -0.05) is 24.3 Å². The lowest BCUT2D eigenvalue weighted by Gasteiger charge is -2.19. The molecule has 0 radical (unpaired) electrons. The van der Waals surface area contributed by atoms with Crippen LogP contribution in [0, 0.1) is 0 Å². The fourth-order valence-corrected chi connectivity index (χ4v) is 3.13. The highest BCUT2D eigenvalue weighted by Gasteiger charge is 2.30. The van der Waals surface area contributed by atoms with E-state index in [1.807, 2.05) is 48.5 Å². The molecule has 0 spiro atoms. The van der Waals surface area contributed by atoms with E-state index in [2.05, 4.69) is 4.74 Å². The standard InChI is InChI=1S/C20H24N4O3.2ClH/c1-27-19(25)18(22)12-14-2-6-16(7-3-14)23-10-11-24(20(23)26)17-8-4-15(13-21)5-9-17;;/h2-9,18H,10-13,21-22H2,1H3;2*1H. The second-order valence-corrected chi connectivity index (χ2v) is 6.46. The minimum absolute atomic E-state index is 0. The Morgan fingerprint density at radius 1 is 0.966 bits per heavy atom. The largest absolute Gasteiger partial charge is 0.468 e. The molecule has 9 heteroatoms. The lowest BCUT2D eigenvalue weighted by Crippen LogP contribution is -2.33. The number of ether oxygens (including phenoxy) is 1. The topological polar surface area (TPSA) is 102 Å². The first-order valence-electron chi connectivity index (χ1n) is 8.84. The molecule has 0 aromatic heterocycles. The van der Waals surface area contributed by atoms with Crippen LogP contribution in [0.2, 0.25) is 0 Å². The summed E-state index contributed by atoms with van der Waals surface area (Å²) in [5, 5.41) is 0. The normalized spacial score (nSPS) is 14.1. The molecule has 1 aliphatic heterocycles. The number of carbonyl (C=O) groups is 2. The minimum atomic E-state index is -0.693. The van der Waals surface area contributed by atoms with E-state index in [0.717, 1.165) is 22.5 Å². The zero-order valence-corrected chi connectivity index (χ0v) is 17.7. The Morgan fingerprint density at radius 2 is 1.41 bits per heavy atom. The summed E-state index contributed by atoms with van der Waals surface area (Å²) >= 11 is 0. The molecule has 1 atom stereocenters. The molecule has 1 unspecified atom stereocenters. The van der Waals surface area contributed by atoms with E-state index in [1.165, 1.54) is 7.11 Å². The van der Waals surface area contributed by atoms with E-state index in [9.17, 15) is 9.59 Å². The molecule has 1 heterocycles. The highest BCUT2D eigenvalue weighted by atomic mass is 35.5. The fourth-order valence-electron chi connectivity index (χ4n) is 3.13. The van der Waals surface area contributed by atoms with Gasteiger partial charge in [-0.3, -0.25) is 14.6 Å². The van der Waals surface area contributed by atoms with Gasteiger partial charge < -0.3 is 16.2 Å². The lowest BCUT2D eigenvalue weighted by molar-refractivity contribution is -0.142. The Kier molecular flexibility index (Phi) is 9.39. The lowest BCUT2D eigenvalue weighted by atomic mass is 10.1. The molecule has 2 aromatic rings. The van der Waals surface area contributed by atoms with Crippen LogP contribution in [-0.4, -0.2) is 38.2 Å². The SMILES string of the molecule is COC(=O)C(N)Cc1ccc(N2CCN(c3ccc(CN)cc3)C2=O)cc1.Cl.Cl. The maximum Gasteiger partial charge on any atom is 0.329 e. The first-order chi connectivity index (χ1) is 13.0. The van der Waals surface area contributed by atoms with Crippen LogP contribution in [0.25, 0.3) is 0 Å². The molecule has 0 bridgehead atoms. The Labute approximate surface area is 182 Å². The summed E-state index contributed by atoms with van der Waals surface area (Å²) in [6.45, 7) is 1.71. The van der Waals surface area contributed by atoms with E-state index in [-0.39, 0.29) is 30.8 Å². The highest BCUT2D eigenvalue weighted by molar-refractivity contribution is 6.06. The number of nitrogens with two attached hydrogens (primary N) is 2. The number of methoxy groups -OCH3 is 1. The summed E-state index contributed by atoms with van der Waals surface area (Å²) in [5.74, 6) is -0.440. The third-order valence-corrected chi connectivity index (χ3v) is 4.70. The van der Waals surface area contributed by atoms with E-state index >= 15 is 0 Å². The minimum Gasteiger partial charge on any atom is -0.468 e. The maximum absolute atomic E-state index is 12.8. The first-order valence-corrected chi connectivity index (χ1v) is 8.84. The summed E-state index contributed by atoms with van der Waals surface area (Å²) in [5.41, 5.74) is 15.0. The number of esters is 1. The van der Waals surface area contributed by atoms with Crippen molar-refractivity contribution in [1.82, 2.24) is 0 Å². The van der Waals surface area contributed by atoms with Gasteiger partial charge >= 0.3 is 12.0 Å². The Balaban J connectivity index is 0.00000210. The molecule has 29 heavy (non-hydrogen) atoms. The number of hydrogen-bond acceptors (Lipinski definition) is 5. The van der Waals surface area contributed by atoms with Crippen LogP contribution in [0.5, 0.6) is 0 Å². The van der Waals surface area contributed by atoms with Gasteiger partial charge in [-0.15, -0.1) is 24.8 Å². The second-order valence-electron chi connectivity index (χ2n) is 6.46. The van der Waals surface area contributed by atoms with Gasteiger partial charge in [0.05, 0.1) is 7.11 Å². The van der Waals surface area contributed by atoms with Gasteiger partial charge in [0, 0.05) is 31.0 Å². The van der Waals surface area contributed by atoms with E-state index in [4.69, 9.17) is 11.5 Å². The van der Waals surface area contributed by atoms with Crippen LogP contribution in [0.4, 0.5) is 16.2 Å². The zero-order chi connectivity index (χ0) is 19.4. The number of carbonyl (C=O) groups excluding carboxylic acids is 2. The Morgan fingerprint density at radius 3 is 1.83 bits per heavy atom. The van der Waals surface area contributed by atoms with Crippen molar-refractivity contribution in [3.8, 4) is 0 Å². The first kappa shape index (κ1) is 24.7. The number of benzene rings is 2. The monoisotopic (exact) mass is 440 g/mol. The van der Waals surface area contributed by atoms with Crippen molar-refractivity contribution in [2.45, 2.75) is 19.0 Å². The van der Waals surface area contributed by atoms with Gasteiger partial charge in [-0.05, 0) is 41.8 Å². The summed E-state index contributed by atoms with van der Waals surface area (Å²) in [6, 6.07) is 14.5. The van der Waals surface area contributed by atoms with Crippen molar-refractivity contribution in [2.24, 2.45) is 11.5 Å². The van der Waals surface area contributed by atoms with Crippen LogP contribution in [-0.2, 0) is 22.5 Å². The van der Waals surface area contributed by atoms with Gasteiger partial charge in [0.15, 0.2) is 0 Å². The smallest absolute Gasteiger partial charge is 0.329 e. The third kappa shape index (κ3) is 5.61. The highest BCUT2D eigenvalue weighted by Crippen LogP contribution is 2.26.